The van der Waals surface area contributed by atoms with Crippen LogP contribution in [0.15, 0.2) is 72.8 Å². The summed E-state index contributed by atoms with van der Waals surface area (Å²) in [7, 11) is 1.58. The van der Waals surface area contributed by atoms with Crippen LogP contribution in [-0.4, -0.2) is 19.7 Å². The molecular weight excluding hydrogens is 484 g/mol. The lowest BCUT2D eigenvalue weighted by Gasteiger charge is -2.34. The molecule has 1 saturated heterocycles. The standard InChI is InChI=1S/C26H27F3N2O.2ClH/c1-32-24-14-13-19(21-10-5-6-11-22(21)26(27,28)29)16-20(24)17-31-23-12-7-15-30-25(23)18-8-3-2-4-9-18;;/h2-6,8-11,13-14,16,23,25,30-31H,7,12,15,17H2,1H3;2*1H/t23-,25-;;/m0../s1. The molecule has 1 aliphatic heterocycles. The minimum absolute atomic E-state index is 0. The van der Waals surface area contributed by atoms with Gasteiger partial charge in [0.05, 0.1) is 12.7 Å². The molecule has 4 rings (SSSR count). The first kappa shape index (κ1) is 28.0. The van der Waals surface area contributed by atoms with Crippen LogP contribution in [0.1, 0.15) is 35.6 Å². The Morgan fingerprint density at radius 2 is 1.68 bits per heavy atom. The van der Waals surface area contributed by atoms with Crippen molar-refractivity contribution in [2.75, 3.05) is 13.7 Å². The van der Waals surface area contributed by atoms with Gasteiger partial charge in [0.25, 0.3) is 0 Å². The molecule has 0 bridgehead atoms. The molecule has 0 spiro atoms. The summed E-state index contributed by atoms with van der Waals surface area (Å²) in [4.78, 5) is 0. The van der Waals surface area contributed by atoms with Crippen LogP contribution in [0.5, 0.6) is 5.75 Å². The molecule has 0 aliphatic carbocycles. The van der Waals surface area contributed by atoms with Crippen molar-refractivity contribution in [3.8, 4) is 16.9 Å². The summed E-state index contributed by atoms with van der Waals surface area (Å²) >= 11 is 0. The van der Waals surface area contributed by atoms with Crippen molar-refractivity contribution >= 4 is 24.8 Å². The van der Waals surface area contributed by atoms with Crippen LogP contribution in [0, 0.1) is 0 Å². The highest BCUT2D eigenvalue weighted by molar-refractivity contribution is 5.85. The van der Waals surface area contributed by atoms with Crippen LogP contribution in [0.3, 0.4) is 0 Å². The lowest BCUT2D eigenvalue weighted by Crippen LogP contribution is -2.45. The molecule has 3 nitrogen and oxygen atoms in total. The third kappa shape index (κ3) is 6.45. The van der Waals surface area contributed by atoms with Crippen LogP contribution >= 0.6 is 24.8 Å². The molecule has 8 heteroatoms. The lowest BCUT2D eigenvalue weighted by atomic mass is 9.92. The lowest BCUT2D eigenvalue weighted by molar-refractivity contribution is -0.137. The molecule has 0 aromatic heterocycles. The quantitative estimate of drug-likeness (QED) is 0.380. The third-order valence-corrected chi connectivity index (χ3v) is 6.00. The zero-order valence-corrected chi connectivity index (χ0v) is 20.4. The minimum atomic E-state index is -4.41. The Labute approximate surface area is 210 Å². The van der Waals surface area contributed by atoms with Gasteiger partial charge >= 0.3 is 6.18 Å². The predicted molar refractivity (Wildman–Crippen MR) is 135 cm³/mol. The summed E-state index contributed by atoms with van der Waals surface area (Å²) in [5, 5.41) is 7.21. The Morgan fingerprint density at radius 3 is 2.38 bits per heavy atom. The maximum Gasteiger partial charge on any atom is 0.417 e. The molecule has 1 fully saturated rings. The Bertz CT molecular complexity index is 1050. The number of nitrogens with one attached hydrogen (secondary N) is 2. The van der Waals surface area contributed by atoms with Gasteiger partial charge in [0.15, 0.2) is 0 Å². The van der Waals surface area contributed by atoms with Crippen molar-refractivity contribution < 1.29 is 17.9 Å². The highest BCUT2D eigenvalue weighted by Gasteiger charge is 2.33. The van der Waals surface area contributed by atoms with Crippen molar-refractivity contribution in [1.82, 2.24) is 10.6 Å². The van der Waals surface area contributed by atoms with Gasteiger partial charge in [0.1, 0.15) is 5.75 Å². The summed E-state index contributed by atoms with van der Waals surface area (Å²) in [5.41, 5.74) is 2.12. The molecule has 1 aliphatic rings. The number of piperidine rings is 1. The molecule has 2 atom stereocenters. The van der Waals surface area contributed by atoms with Crippen LogP contribution in [0.4, 0.5) is 13.2 Å². The monoisotopic (exact) mass is 512 g/mol. The molecule has 1 heterocycles. The SMILES string of the molecule is COc1ccc(-c2ccccc2C(F)(F)F)cc1CN[C@H]1CCCN[C@H]1c1ccccc1.Cl.Cl. The van der Waals surface area contributed by atoms with Gasteiger partial charge in [-0.15, -0.1) is 24.8 Å². The van der Waals surface area contributed by atoms with E-state index in [0.717, 1.165) is 31.0 Å². The van der Waals surface area contributed by atoms with E-state index >= 15 is 0 Å². The first-order chi connectivity index (χ1) is 15.5. The second-order valence-electron chi connectivity index (χ2n) is 8.04. The number of alkyl halides is 3. The molecule has 0 saturated carbocycles. The summed E-state index contributed by atoms with van der Waals surface area (Å²) in [6.07, 6.45) is -2.33. The van der Waals surface area contributed by atoms with Gasteiger partial charge in [-0.25, -0.2) is 0 Å². The van der Waals surface area contributed by atoms with Crippen molar-refractivity contribution in [1.29, 1.82) is 0 Å². The van der Waals surface area contributed by atoms with Crippen molar-refractivity contribution in [3.63, 3.8) is 0 Å². The van der Waals surface area contributed by atoms with Crippen molar-refractivity contribution in [2.45, 2.75) is 37.6 Å². The van der Waals surface area contributed by atoms with E-state index in [1.807, 2.05) is 18.2 Å². The fourth-order valence-electron chi connectivity index (χ4n) is 4.43. The molecule has 3 aromatic rings. The second kappa shape index (κ2) is 12.5. The van der Waals surface area contributed by atoms with Gasteiger partial charge in [0.2, 0.25) is 0 Å². The fraction of sp³-hybridized carbons (Fsp3) is 0.308. The first-order valence-corrected chi connectivity index (χ1v) is 10.8. The van der Waals surface area contributed by atoms with Gasteiger partial charge in [-0.05, 0) is 54.3 Å². The van der Waals surface area contributed by atoms with Crippen molar-refractivity contribution in [3.05, 3.63) is 89.5 Å². The Balaban J connectivity index is 0.00000204. The number of hydrogen-bond donors (Lipinski definition) is 2. The number of methoxy groups -OCH3 is 1. The normalized spacial score (nSPS) is 17.9. The second-order valence-corrected chi connectivity index (χ2v) is 8.04. The Hall–Kier alpha value is -2.25. The summed E-state index contributed by atoms with van der Waals surface area (Å²) < 4.78 is 46.1. The van der Waals surface area contributed by atoms with E-state index in [1.54, 1.807) is 31.4 Å². The molecule has 0 amide bonds. The third-order valence-electron chi connectivity index (χ3n) is 6.00. The number of halogens is 5. The van der Waals surface area contributed by atoms with E-state index in [9.17, 15) is 13.2 Å². The molecular formula is C26H29Cl2F3N2O. The zero-order valence-electron chi connectivity index (χ0n) is 18.8. The fourth-order valence-corrected chi connectivity index (χ4v) is 4.43. The van der Waals surface area contributed by atoms with Gasteiger partial charge in [0, 0.05) is 24.2 Å². The maximum atomic E-state index is 13.5. The van der Waals surface area contributed by atoms with Gasteiger partial charge < -0.3 is 15.4 Å². The Morgan fingerprint density at radius 1 is 0.971 bits per heavy atom. The highest BCUT2D eigenvalue weighted by Crippen LogP contribution is 2.38. The van der Waals surface area contributed by atoms with E-state index < -0.39 is 11.7 Å². The van der Waals surface area contributed by atoms with Crippen LogP contribution in [0.2, 0.25) is 0 Å². The largest absolute Gasteiger partial charge is 0.496 e. The number of ether oxygens (including phenoxy) is 1. The van der Waals surface area contributed by atoms with E-state index in [1.165, 1.54) is 17.7 Å². The van der Waals surface area contributed by atoms with Gasteiger partial charge in [-0.3, -0.25) is 0 Å². The topological polar surface area (TPSA) is 33.3 Å². The maximum absolute atomic E-state index is 13.5. The predicted octanol–water partition coefficient (Wildman–Crippen LogP) is 6.81. The number of benzene rings is 3. The summed E-state index contributed by atoms with van der Waals surface area (Å²) in [5.74, 6) is 0.658. The average Bonchev–Trinajstić information content (AvgIpc) is 2.83. The number of rotatable bonds is 6. The van der Waals surface area contributed by atoms with E-state index in [0.29, 0.717) is 17.9 Å². The van der Waals surface area contributed by atoms with E-state index in [2.05, 4.69) is 22.8 Å². The van der Waals surface area contributed by atoms with Crippen molar-refractivity contribution in [2.24, 2.45) is 0 Å². The van der Waals surface area contributed by atoms with Crippen LogP contribution in [-0.2, 0) is 12.7 Å². The number of hydrogen-bond acceptors (Lipinski definition) is 3. The molecule has 0 radical (unpaired) electrons. The van der Waals surface area contributed by atoms with Gasteiger partial charge in [-0.2, -0.15) is 13.2 Å². The smallest absolute Gasteiger partial charge is 0.417 e. The van der Waals surface area contributed by atoms with Crippen LogP contribution < -0.4 is 15.4 Å². The summed E-state index contributed by atoms with van der Waals surface area (Å²) in [6.45, 7) is 1.46. The minimum Gasteiger partial charge on any atom is -0.496 e. The van der Waals surface area contributed by atoms with Crippen LogP contribution in [0.25, 0.3) is 11.1 Å². The first-order valence-electron chi connectivity index (χ1n) is 10.8. The van der Waals surface area contributed by atoms with E-state index in [4.69, 9.17) is 4.74 Å². The molecule has 3 aromatic carbocycles. The molecule has 2 N–H and O–H groups in total. The average molecular weight is 513 g/mol. The highest BCUT2D eigenvalue weighted by atomic mass is 35.5. The molecule has 184 valence electrons. The van der Waals surface area contributed by atoms with E-state index in [-0.39, 0.29) is 42.5 Å². The zero-order chi connectivity index (χ0) is 22.6. The van der Waals surface area contributed by atoms with Gasteiger partial charge in [-0.1, -0.05) is 54.6 Å². The summed E-state index contributed by atoms with van der Waals surface area (Å²) in [6, 6.07) is 21.6. The molecule has 0 unspecified atom stereocenters. The Kier molecular flexibility index (Phi) is 10.3. The molecule has 34 heavy (non-hydrogen) atoms.